The van der Waals surface area contributed by atoms with E-state index in [0.29, 0.717) is 0 Å². The molecule has 0 saturated carbocycles. The van der Waals surface area contributed by atoms with Crippen LogP contribution in [0.2, 0.25) is 0 Å². The Morgan fingerprint density at radius 2 is 0.250 bits per heavy atom. The maximum Gasteiger partial charge on any atom is 0 e. The summed E-state index contributed by atoms with van der Waals surface area (Å²) in [5.74, 6) is 0. The van der Waals surface area contributed by atoms with Gasteiger partial charge < -0.3 is 27.4 Å². The first-order valence-corrected chi connectivity index (χ1v) is 0. The zero-order valence-electron chi connectivity index (χ0n) is 3.84. The fraction of sp³-hybridized carbons (Fsp3) is 0. The average molecular weight is 243 g/mol. The smallest absolute Gasteiger partial charge is 0 e. The molecule has 0 aromatic heterocycles. The van der Waals surface area contributed by atoms with Gasteiger partial charge in [0.05, 0.1) is 0 Å². The summed E-state index contributed by atoms with van der Waals surface area (Å²) < 4.78 is 0. The molecule has 0 atom stereocenters. The first-order chi connectivity index (χ1) is 0. The molecule has 0 amide bonds. The van der Waals surface area contributed by atoms with Crippen LogP contribution in [0.1, 0.15) is 0 Å². The van der Waals surface area contributed by atoms with Crippen LogP contribution in [0.4, 0.5) is 0 Å². The van der Waals surface area contributed by atoms with Gasteiger partial charge >= 0.3 is 0 Å². The van der Waals surface area contributed by atoms with Crippen LogP contribution in [0.5, 0.6) is 0 Å². The summed E-state index contributed by atoms with van der Waals surface area (Å²) in [6, 6.07) is 0. The van der Waals surface area contributed by atoms with Crippen molar-refractivity contribution >= 4 is 0 Å². The van der Waals surface area contributed by atoms with Gasteiger partial charge in [0.15, 0.2) is 0 Å². The van der Waals surface area contributed by atoms with Crippen molar-refractivity contribution in [2.24, 2.45) is 0 Å². The first-order valence-electron chi connectivity index (χ1n) is 0. The van der Waals surface area contributed by atoms with Crippen molar-refractivity contribution in [3.63, 3.8) is 0 Å². The minimum atomic E-state index is 0. The molecule has 10 N–H and O–H groups in total. The Morgan fingerprint density at radius 1 is 0.250 bits per heavy atom. The van der Waals surface area contributed by atoms with E-state index in [1.807, 2.05) is 0 Å². The van der Waals surface area contributed by atoms with Gasteiger partial charge in [-0.25, -0.2) is 0 Å². The summed E-state index contributed by atoms with van der Waals surface area (Å²) in [4.78, 5) is 0. The molecule has 0 rings (SSSR count). The monoisotopic (exact) mass is 243 g/mol. The Kier molecular flexibility index (Phi) is 7320. The van der Waals surface area contributed by atoms with Crippen LogP contribution in [0.25, 0.3) is 0 Å². The summed E-state index contributed by atoms with van der Waals surface area (Å²) in [6.45, 7) is 0. The van der Waals surface area contributed by atoms with Crippen LogP contribution >= 0.6 is 0 Å². The number of hydrogen-bond donors (Lipinski definition) is 0. The van der Waals surface area contributed by atoms with Crippen LogP contribution in [0, 0.1) is 0 Å². The Bertz CT molecular complexity index is 7.64. The van der Waals surface area contributed by atoms with E-state index >= 15 is 0 Å². The molecule has 0 aliphatic rings. The Labute approximate surface area is 82.8 Å². The SMILES string of the molecule is O.O.O.O.O.[V].[V].[V]. The van der Waals surface area contributed by atoms with E-state index < -0.39 is 0 Å². The van der Waals surface area contributed by atoms with E-state index in [9.17, 15) is 0 Å². The van der Waals surface area contributed by atoms with Gasteiger partial charge in [-0.15, -0.1) is 0 Å². The predicted octanol–water partition coefficient (Wildman–Crippen LogP) is -4.13. The van der Waals surface area contributed by atoms with Crippen LogP contribution in [-0.4, -0.2) is 27.4 Å². The summed E-state index contributed by atoms with van der Waals surface area (Å²) in [6.07, 6.45) is 0. The van der Waals surface area contributed by atoms with Gasteiger partial charge in [0.1, 0.15) is 0 Å². The molecule has 55 valence electrons. The topological polar surface area (TPSA) is 158 Å². The van der Waals surface area contributed by atoms with E-state index in [0.717, 1.165) is 0 Å². The molecular weight excluding hydrogens is 233 g/mol. The second kappa shape index (κ2) is 202. The van der Waals surface area contributed by atoms with Crippen molar-refractivity contribution < 1.29 is 83.0 Å². The molecule has 0 unspecified atom stereocenters. The van der Waals surface area contributed by atoms with Crippen molar-refractivity contribution in [2.75, 3.05) is 0 Å². The van der Waals surface area contributed by atoms with Crippen molar-refractivity contribution in [1.29, 1.82) is 0 Å². The molecule has 0 fully saturated rings. The van der Waals surface area contributed by atoms with E-state index in [-0.39, 0.29) is 83.0 Å². The van der Waals surface area contributed by atoms with Crippen LogP contribution < -0.4 is 0 Å². The summed E-state index contributed by atoms with van der Waals surface area (Å²) >= 11 is 0. The van der Waals surface area contributed by atoms with Gasteiger partial charge in [0.25, 0.3) is 0 Å². The minimum Gasteiger partial charge on any atom is -0.412 e. The molecule has 0 heterocycles. The van der Waals surface area contributed by atoms with E-state index in [4.69, 9.17) is 0 Å². The molecule has 0 aromatic rings. The summed E-state index contributed by atoms with van der Waals surface area (Å²) in [5, 5.41) is 0. The van der Waals surface area contributed by atoms with Gasteiger partial charge in [-0.2, -0.15) is 0 Å². The van der Waals surface area contributed by atoms with E-state index in [1.54, 1.807) is 0 Å². The average Bonchev–Trinajstić information content (AvgIpc) is 0. The molecule has 8 heavy (non-hydrogen) atoms. The second-order valence-electron chi connectivity index (χ2n) is 0. The molecule has 0 aromatic carbocycles. The number of rotatable bonds is 0. The van der Waals surface area contributed by atoms with Gasteiger partial charge in [0, 0.05) is 55.7 Å². The molecule has 0 spiro atoms. The fourth-order valence-electron chi connectivity index (χ4n) is 0. The van der Waals surface area contributed by atoms with Gasteiger partial charge in [0.2, 0.25) is 0 Å². The molecule has 0 saturated heterocycles. The molecule has 0 aliphatic heterocycles. The van der Waals surface area contributed by atoms with Crippen molar-refractivity contribution in [3.05, 3.63) is 0 Å². The summed E-state index contributed by atoms with van der Waals surface area (Å²) in [5.41, 5.74) is 0. The van der Waals surface area contributed by atoms with Crippen LogP contribution in [0.3, 0.4) is 0 Å². The third kappa shape index (κ3) is 134. The Morgan fingerprint density at radius 3 is 0.250 bits per heavy atom. The maximum atomic E-state index is 0. The third-order valence-corrected chi connectivity index (χ3v) is 0. The fourth-order valence-corrected chi connectivity index (χ4v) is 0. The maximum absolute atomic E-state index is 0. The largest absolute Gasteiger partial charge is 0.412 e. The molecular formula is H10O5V3. The van der Waals surface area contributed by atoms with E-state index in [1.165, 1.54) is 0 Å². The van der Waals surface area contributed by atoms with Crippen molar-refractivity contribution in [1.82, 2.24) is 0 Å². The third-order valence-electron chi connectivity index (χ3n) is 0. The number of hydrogen-bond acceptors (Lipinski definition) is 0. The zero-order chi connectivity index (χ0) is 0. The van der Waals surface area contributed by atoms with Crippen LogP contribution in [0.15, 0.2) is 0 Å². The molecule has 0 aliphatic carbocycles. The standard InChI is InChI=1S/5H2O.3V/h5*1H2;;;. The Balaban J connectivity index is 0. The molecule has 8 heteroatoms. The first kappa shape index (κ1) is 290. The predicted molar refractivity (Wildman–Crippen MR) is 18.1 cm³/mol. The molecule has 3 radical (unpaired) electrons. The van der Waals surface area contributed by atoms with Gasteiger partial charge in [-0.3, -0.25) is 0 Å². The molecule has 0 bridgehead atoms. The van der Waals surface area contributed by atoms with Gasteiger partial charge in [-0.05, 0) is 0 Å². The Hall–Kier alpha value is 1.55. The van der Waals surface area contributed by atoms with Crippen molar-refractivity contribution in [2.45, 2.75) is 0 Å². The normalized spacial score (nSPS) is 0. The quantitative estimate of drug-likeness (QED) is 0.404. The second-order valence-corrected chi connectivity index (χ2v) is 0. The zero-order valence-corrected chi connectivity index (χ0v) is 8.03. The van der Waals surface area contributed by atoms with Crippen LogP contribution in [-0.2, 0) is 55.7 Å². The molecule has 5 nitrogen and oxygen atoms in total. The van der Waals surface area contributed by atoms with Gasteiger partial charge in [-0.1, -0.05) is 0 Å². The summed E-state index contributed by atoms with van der Waals surface area (Å²) in [7, 11) is 0. The van der Waals surface area contributed by atoms with Crippen molar-refractivity contribution in [3.8, 4) is 0 Å². The van der Waals surface area contributed by atoms with E-state index in [2.05, 4.69) is 0 Å². The minimum absolute atomic E-state index is 0.